The zero-order valence-electron chi connectivity index (χ0n) is 8.08. The van der Waals surface area contributed by atoms with Gasteiger partial charge in [0.05, 0.1) is 11.3 Å². The van der Waals surface area contributed by atoms with Crippen molar-refractivity contribution in [1.82, 2.24) is 14.8 Å². The SMILES string of the molecule is Cc1ccc(C(=O)O)cc1-n1cnnc1. The average Bonchev–Trinajstić information content (AvgIpc) is 2.71. The lowest BCUT2D eigenvalue weighted by Crippen LogP contribution is -2.00. The van der Waals surface area contributed by atoms with E-state index in [-0.39, 0.29) is 5.56 Å². The molecule has 0 saturated carbocycles. The molecule has 1 heterocycles. The summed E-state index contributed by atoms with van der Waals surface area (Å²) in [5.74, 6) is -0.940. The van der Waals surface area contributed by atoms with Crippen LogP contribution in [0.2, 0.25) is 0 Å². The Morgan fingerprint density at radius 2 is 2.00 bits per heavy atom. The van der Waals surface area contributed by atoms with Gasteiger partial charge in [0.25, 0.3) is 0 Å². The molecular weight excluding hydrogens is 194 g/mol. The van der Waals surface area contributed by atoms with E-state index in [0.29, 0.717) is 0 Å². The molecule has 2 aromatic rings. The van der Waals surface area contributed by atoms with E-state index in [1.807, 2.05) is 6.92 Å². The molecule has 0 amide bonds. The molecule has 0 bridgehead atoms. The number of aromatic nitrogens is 3. The maximum absolute atomic E-state index is 10.8. The van der Waals surface area contributed by atoms with Crippen LogP contribution in [-0.4, -0.2) is 25.8 Å². The summed E-state index contributed by atoms with van der Waals surface area (Å²) in [5.41, 5.74) is 2.00. The molecule has 0 aliphatic rings. The summed E-state index contributed by atoms with van der Waals surface area (Å²) >= 11 is 0. The van der Waals surface area contributed by atoms with Gasteiger partial charge in [-0.15, -0.1) is 10.2 Å². The lowest BCUT2D eigenvalue weighted by Gasteiger charge is -2.06. The molecule has 0 unspecified atom stereocenters. The van der Waals surface area contributed by atoms with E-state index in [2.05, 4.69) is 10.2 Å². The molecule has 76 valence electrons. The van der Waals surface area contributed by atoms with Crippen molar-refractivity contribution in [2.45, 2.75) is 6.92 Å². The molecule has 2 rings (SSSR count). The molecule has 15 heavy (non-hydrogen) atoms. The highest BCUT2D eigenvalue weighted by Crippen LogP contribution is 2.15. The molecule has 0 aliphatic heterocycles. The highest BCUT2D eigenvalue weighted by atomic mass is 16.4. The number of nitrogens with zero attached hydrogens (tertiary/aromatic N) is 3. The Labute approximate surface area is 86.0 Å². The fourth-order valence-electron chi connectivity index (χ4n) is 1.35. The van der Waals surface area contributed by atoms with Crippen LogP contribution in [0.5, 0.6) is 0 Å². The number of carbonyl (C=O) groups is 1. The Kier molecular flexibility index (Phi) is 2.21. The van der Waals surface area contributed by atoms with Crippen LogP contribution in [-0.2, 0) is 0 Å². The van der Waals surface area contributed by atoms with Gasteiger partial charge < -0.3 is 5.11 Å². The van der Waals surface area contributed by atoms with Crippen LogP contribution in [0.15, 0.2) is 30.9 Å². The lowest BCUT2D eigenvalue weighted by atomic mass is 10.1. The van der Waals surface area contributed by atoms with Crippen molar-refractivity contribution in [3.8, 4) is 5.69 Å². The first-order valence-corrected chi connectivity index (χ1v) is 4.37. The van der Waals surface area contributed by atoms with Crippen molar-refractivity contribution in [1.29, 1.82) is 0 Å². The summed E-state index contributed by atoms with van der Waals surface area (Å²) in [7, 11) is 0. The number of rotatable bonds is 2. The molecule has 5 nitrogen and oxygen atoms in total. The third-order valence-corrected chi connectivity index (χ3v) is 2.15. The van der Waals surface area contributed by atoms with Crippen molar-refractivity contribution in [3.63, 3.8) is 0 Å². The van der Waals surface area contributed by atoms with Crippen molar-refractivity contribution in [2.75, 3.05) is 0 Å². The van der Waals surface area contributed by atoms with Crippen molar-refractivity contribution < 1.29 is 9.90 Å². The van der Waals surface area contributed by atoms with Gasteiger partial charge in [0.15, 0.2) is 0 Å². The fraction of sp³-hybridized carbons (Fsp3) is 0.100. The normalized spacial score (nSPS) is 10.2. The second kappa shape index (κ2) is 3.53. The van der Waals surface area contributed by atoms with Crippen LogP contribution < -0.4 is 0 Å². The van der Waals surface area contributed by atoms with Gasteiger partial charge in [0.1, 0.15) is 12.7 Å². The van der Waals surface area contributed by atoms with Crippen molar-refractivity contribution >= 4 is 5.97 Å². The van der Waals surface area contributed by atoms with Crippen molar-refractivity contribution in [2.24, 2.45) is 0 Å². The fourth-order valence-corrected chi connectivity index (χ4v) is 1.35. The van der Waals surface area contributed by atoms with E-state index < -0.39 is 5.97 Å². The van der Waals surface area contributed by atoms with E-state index in [0.717, 1.165) is 11.3 Å². The summed E-state index contributed by atoms with van der Waals surface area (Å²) in [6.45, 7) is 1.90. The third-order valence-electron chi connectivity index (χ3n) is 2.15. The average molecular weight is 203 g/mol. The van der Waals surface area contributed by atoms with Crippen molar-refractivity contribution in [3.05, 3.63) is 42.0 Å². The Morgan fingerprint density at radius 3 is 2.60 bits per heavy atom. The minimum absolute atomic E-state index is 0.254. The van der Waals surface area contributed by atoms with E-state index in [1.54, 1.807) is 22.8 Å². The van der Waals surface area contributed by atoms with Gasteiger partial charge in [-0.1, -0.05) is 6.07 Å². The Balaban J connectivity index is 2.55. The number of aryl methyl sites for hydroxylation is 1. The van der Waals surface area contributed by atoms with Crippen LogP contribution in [0, 0.1) is 6.92 Å². The van der Waals surface area contributed by atoms with Crippen LogP contribution >= 0.6 is 0 Å². The smallest absolute Gasteiger partial charge is 0.335 e. The zero-order chi connectivity index (χ0) is 10.8. The second-order valence-electron chi connectivity index (χ2n) is 3.18. The molecule has 1 N–H and O–H groups in total. The number of aromatic carboxylic acids is 1. The topological polar surface area (TPSA) is 68.0 Å². The molecule has 5 heteroatoms. The van der Waals surface area contributed by atoms with Crippen LogP contribution in [0.3, 0.4) is 0 Å². The first kappa shape index (κ1) is 9.39. The van der Waals surface area contributed by atoms with Crippen LogP contribution in [0.25, 0.3) is 5.69 Å². The molecule has 0 atom stereocenters. The van der Waals surface area contributed by atoms with Gasteiger partial charge in [0.2, 0.25) is 0 Å². The minimum Gasteiger partial charge on any atom is -0.478 e. The van der Waals surface area contributed by atoms with Gasteiger partial charge in [0, 0.05) is 0 Å². The Bertz CT molecular complexity index is 491. The molecule has 0 fully saturated rings. The quantitative estimate of drug-likeness (QED) is 0.798. The lowest BCUT2D eigenvalue weighted by molar-refractivity contribution is 0.0697. The summed E-state index contributed by atoms with van der Waals surface area (Å²) in [5, 5.41) is 16.2. The molecular formula is C10H9N3O2. The molecule has 1 aromatic carbocycles. The van der Waals surface area contributed by atoms with E-state index in [9.17, 15) is 4.79 Å². The third kappa shape index (κ3) is 1.71. The molecule has 0 spiro atoms. The molecule has 0 aliphatic carbocycles. The maximum Gasteiger partial charge on any atom is 0.335 e. The van der Waals surface area contributed by atoms with Gasteiger partial charge in [-0.05, 0) is 24.6 Å². The first-order valence-electron chi connectivity index (χ1n) is 4.37. The van der Waals surface area contributed by atoms with Gasteiger partial charge >= 0.3 is 5.97 Å². The number of hydrogen-bond acceptors (Lipinski definition) is 3. The largest absolute Gasteiger partial charge is 0.478 e. The number of benzene rings is 1. The Hall–Kier alpha value is -2.17. The minimum atomic E-state index is -0.940. The molecule has 1 aromatic heterocycles. The van der Waals surface area contributed by atoms with E-state index in [4.69, 9.17) is 5.11 Å². The second-order valence-corrected chi connectivity index (χ2v) is 3.18. The van der Waals surface area contributed by atoms with Crippen LogP contribution in [0.1, 0.15) is 15.9 Å². The zero-order valence-corrected chi connectivity index (χ0v) is 8.08. The van der Waals surface area contributed by atoms with Gasteiger partial charge in [-0.25, -0.2) is 4.79 Å². The van der Waals surface area contributed by atoms with Crippen LogP contribution in [0.4, 0.5) is 0 Å². The summed E-state index contributed by atoms with van der Waals surface area (Å²) in [6.07, 6.45) is 3.07. The maximum atomic E-state index is 10.8. The van der Waals surface area contributed by atoms with Gasteiger partial charge in [-0.3, -0.25) is 4.57 Å². The predicted octanol–water partition coefficient (Wildman–Crippen LogP) is 1.27. The van der Waals surface area contributed by atoms with E-state index in [1.165, 1.54) is 12.7 Å². The number of carboxylic acids is 1. The monoisotopic (exact) mass is 203 g/mol. The Morgan fingerprint density at radius 1 is 1.33 bits per heavy atom. The predicted molar refractivity (Wildman–Crippen MR) is 53.1 cm³/mol. The highest BCUT2D eigenvalue weighted by Gasteiger charge is 2.07. The molecule has 0 saturated heterocycles. The number of hydrogen-bond donors (Lipinski definition) is 1. The number of carboxylic acid groups (broad SMARTS) is 1. The van der Waals surface area contributed by atoms with Gasteiger partial charge in [-0.2, -0.15) is 0 Å². The standard InChI is InChI=1S/C10H9N3O2/c1-7-2-3-8(10(14)15)4-9(7)13-5-11-12-6-13/h2-6H,1H3,(H,14,15). The molecule has 0 radical (unpaired) electrons. The van der Waals surface area contributed by atoms with E-state index >= 15 is 0 Å². The highest BCUT2D eigenvalue weighted by molar-refractivity contribution is 5.88. The summed E-state index contributed by atoms with van der Waals surface area (Å²) < 4.78 is 1.68. The summed E-state index contributed by atoms with van der Waals surface area (Å²) in [6, 6.07) is 4.94. The first-order chi connectivity index (χ1) is 7.18. The summed E-state index contributed by atoms with van der Waals surface area (Å²) in [4.78, 5) is 10.8.